The molecule has 2 heteroatoms. The van der Waals surface area contributed by atoms with E-state index < -0.39 is 5.60 Å². The maximum Gasteiger partial charge on any atom is 0.0646 e. The average Bonchev–Trinajstić information content (AvgIpc) is 2.30. The van der Waals surface area contributed by atoms with Crippen LogP contribution in [0.1, 0.15) is 73.1 Å². The number of aliphatic hydroxyl groups is 2. The van der Waals surface area contributed by atoms with Crippen LogP contribution in [0.3, 0.4) is 0 Å². The van der Waals surface area contributed by atoms with Gasteiger partial charge < -0.3 is 10.2 Å². The van der Waals surface area contributed by atoms with Crippen LogP contribution in [0.25, 0.3) is 0 Å². The lowest BCUT2D eigenvalue weighted by atomic mass is 9.66. The Morgan fingerprint density at radius 2 is 1.61 bits per heavy atom. The Morgan fingerprint density at radius 1 is 1.06 bits per heavy atom. The van der Waals surface area contributed by atoms with Gasteiger partial charge in [0.25, 0.3) is 0 Å². The molecule has 0 aromatic heterocycles. The van der Waals surface area contributed by atoms with Gasteiger partial charge in [-0.05, 0) is 55.8 Å². The van der Waals surface area contributed by atoms with Gasteiger partial charge in [-0.25, -0.2) is 0 Å². The molecule has 0 aromatic carbocycles. The summed E-state index contributed by atoms with van der Waals surface area (Å²) in [5.74, 6) is 0.941. The lowest BCUT2D eigenvalue weighted by Crippen LogP contribution is -2.40. The quantitative estimate of drug-likeness (QED) is 0.804. The van der Waals surface area contributed by atoms with E-state index in [0.717, 1.165) is 38.5 Å². The molecule has 3 atom stereocenters. The molecule has 0 aromatic rings. The second-order valence-corrected chi connectivity index (χ2v) is 7.34. The molecule has 0 radical (unpaired) electrons. The monoisotopic (exact) mass is 256 g/mol. The topological polar surface area (TPSA) is 40.5 Å². The molecule has 108 valence electrons. The van der Waals surface area contributed by atoms with Crippen molar-refractivity contribution >= 4 is 0 Å². The van der Waals surface area contributed by atoms with E-state index in [1.165, 1.54) is 0 Å². The van der Waals surface area contributed by atoms with Crippen molar-refractivity contribution in [2.45, 2.75) is 84.8 Å². The van der Waals surface area contributed by atoms with Crippen LogP contribution < -0.4 is 0 Å². The van der Waals surface area contributed by atoms with Crippen molar-refractivity contribution in [3.05, 3.63) is 0 Å². The molecule has 1 rings (SSSR count). The Bertz CT molecular complexity index is 250. The van der Waals surface area contributed by atoms with E-state index in [1.807, 2.05) is 13.8 Å². The first-order chi connectivity index (χ1) is 8.22. The minimum absolute atomic E-state index is 0.215. The fourth-order valence-electron chi connectivity index (χ4n) is 3.28. The van der Waals surface area contributed by atoms with Gasteiger partial charge in [0.15, 0.2) is 0 Å². The highest BCUT2D eigenvalue weighted by Crippen LogP contribution is 2.43. The molecule has 0 bridgehead atoms. The Kier molecular flexibility index (Phi) is 5.25. The van der Waals surface area contributed by atoms with Crippen LogP contribution in [0.2, 0.25) is 0 Å². The second kappa shape index (κ2) is 5.92. The van der Waals surface area contributed by atoms with Crippen LogP contribution in [0.15, 0.2) is 0 Å². The lowest BCUT2D eigenvalue weighted by molar-refractivity contribution is -0.0478. The fourth-order valence-corrected chi connectivity index (χ4v) is 3.28. The van der Waals surface area contributed by atoms with Crippen molar-refractivity contribution in [1.82, 2.24) is 0 Å². The van der Waals surface area contributed by atoms with E-state index in [9.17, 15) is 10.2 Å². The smallest absolute Gasteiger partial charge is 0.0646 e. The van der Waals surface area contributed by atoms with Gasteiger partial charge in [-0.15, -0.1) is 0 Å². The van der Waals surface area contributed by atoms with Gasteiger partial charge >= 0.3 is 0 Å². The maximum absolute atomic E-state index is 10.5. The maximum atomic E-state index is 10.5. The first-order valence-electron chi connectivity index (χ1n) is 7.62. The molecular formula is C16H32O2. The Morgan fingerprint density at radius 3 is 2.06 bits per heavy atom. The number of rotatable bonds is 4. The summed E-state index contributed by atoms with van der Waals surface area (Å²) in [6.45, 7) is 11.0. The molecule has 18 heavy (non-hydrogen) atoms. The highest BCUT2D eigenvalue weighted by molar-refractivity contribution is 4.89. The zero-order valence-electron chi connectivity index (χ0n) is 12.9. The SMILES string of the molecule is CCC(O)(CC)CC1CC(C(C)(C)C)CCC1O. The third-order valence-corrected chi connectivity index (χ3v) is 5.13. The normalized spacial score (nSPS) is 30.5. The van der Waals surface area contributed by atoms with Gasteiger partial charge in [0.1, 0.15) is 0 Å². The number of hydrogen-bond donors (Lipinski definition) is 2. The summed E-state index contributed by atoms with van der Waals surface area (Å²) in [5.41, 5.74) is -0.264. The molecule has 1 aliphatic rings. The summed E-state index contributed by atoms with van der Waals surface area (Å²) in [7, 11) is 0. The van der Waals surface area contributed by atoms with Crippen molar-refractivity contribution < 1.29 is 10.2 Å². The van der Waals surface area contributed by atoms with Crippen molar-refractivity contribution in [2.75, 3.05) is 0 Å². The number of aliphatic hydroxyl groups excluding tert-OH is 1. The molecule has 0 saturated heterocycles. The van der Waals surface area contributed by atoms with Gasteiger partial charge in [-0.2, -0.15) is 0 Å². The van der Waals surface area contributed by atoms with E-state index >= 15 is 0 Å². The van der Waals surface area contributed by atoms with Gasteiger partial charge in [-0.3, -0.25) is 0 Å². The van der Waals surface area contributed by atoms with Crippen LogP contribution in [0, 0.1) is 17.3 Å². The third kappa shape index (κ3) is 3.96. The van der Waals surface area contributed by atoms with Crippen molar-refractivity contribution in [2.24, 2.45) is 17.3 Å². The Hall–Kier alpha value is -0.0800. The van der Waals surface area contributed by atoms with Crippen molar-refractivity contribution in [3.8, 4) is 0 Å². The fraction of sp³-hybridized carbons (Fsp3) is 1.00. The first kappa shape index (κ1) is 16.0. The highest BCUT2D eigenvalue weighted by atomic mass is 16.3. The summed E-state index contributed by atoms with van der Waals surface area (Å²) in [6.07, 6.45) is 5.20. The minimum Gasteiger partial charge on any atom is -0.393 e. The molecule has 0 spiro atoms. The van der Waals surface area contributed by atoms with Crippen molar-refractivity contribution in [3.63, 3.8) is 0 Å². The summed E-state index contributed by atoms with van der Waals surface area (Å²) >= 11 is 0. The summed E-state index contributed by atoms with van der Waals surface area (Å²) in [5, 5.41) is 20.7. The van der Waals surface area contributed by atoms with Gasteiger partial charge in [0, 0.05) is 0 Å². The van der Waals surface area contributed by atoms with E-state index in [0.29, 0.717) is 11.3 Å². The van der Waals surface area contributed by atoms with Gasteiger partial charge in [-0.1, -0.05) is 34.6 Å². The largest absolute Gasteiger partial charge is 0.393 e. The van der Waals surface area contributed by atoms with Crippen LogP contribution in [0.5, 0.6) is 0 Å². The van der Waals surface area contributed by atoms with Crippen LogP contribution in [0.4, 0.5) is 0 Å². The Balaban J connectivity index is 2.68. The summed E-state index contributed by atoms with van der Waals surface area (Å²) in [4.78, 5) is 0. The highest BCUT2D eigenvalue weighted by Gasteiger charge is 2.38. The second-order valence-electron chi connectivity index (χ2n) is 7.34. The van der Waals surface area contributed by atoms with Gasteiger partial charge in [0.05, 0.1) is 11.7 Å². The predicted octanol–water partition coefficient (Wildman–Crippen LogP) is 3.75. The molecule has 1 saturated carbocycles. The molecule has 0 amide bonds. The molecule has 0 heterocycles. The van der Waals surface area contributed by atoms with E-state index in [-0.39, 0.29) is 12.0 Å². The minimum atomic E-state index is -0.578. The molecule has 1 aliphatic carbocycles. The molecule has 0 aliphatic heterocycles. The molecule has 1 fully saturated rings. The molecule has 3 unspecified atom stereocenters. The van der Waals surface area contributed by atoms with Gasteiger partial charge in [0.2, 0.25) is 0 Å². The standard InChI is InChI=1S/C16H32O2/c1-6-16(18,7-2)11-12-10-13(15(3,4)5)8-9-14(12)17/h12-14,17-18H,6-11H2,1-5H3. The van der Waals surface area contributed by atoms with Crippen LogP contribution >= 0.6 is 0 Å². The van der Waals surface area contributed by atoms with E-state index in [1.54, 1.807) is 0 Å². The molecular weight excluding hydrogens is 224 g/mol. The lowest BCUT2D eigenvalue weighted by Gasteiger charge is -2.42. The number of hydrogen-bond acceptors (Lipinski definition) is 2. The summed E-state index contributed by atoms with van der Waals surface area (Å²) in [6, 6.07) is 0. The van der Waals surface area contributed by atoms with E-state index in [2.05, 4.69) is 20.8 Å². The van der Waals surface area contributed by atoms with Crippen LogP contribution in [-0.2, 0) is 0 Å². The molecule has 2 N–H and O–H groups in total. The first-order valence-corrected chi connectivity index (χ1v) is 7.62. The Labute approximate surface area is 113 Å². The molecule has 2 nitrogen and oxygen atoms in total. The zero-order valence-corrected chi connectivity index (χ0v) is 12.9. The predicted molar refractivity (Wildman–Crippen MR) is 76.4 cm³/mol. The van der Waals surface area contributed by atoms with Crippen molar-refractivity contribution in [1.29, 1.82) is 0 Å². The summed E-state index contributed by atoms with van der Waals surface area (Å²) < 4.78 is 0. The van der Waals surface area contributed by atoms with E-state index in [4.69, 9.17) is 0 Å². The average molecular weight is 256 g/mol. The zero-order chi connectivity index (χ0) is 14.0. The third-order valence-electron chi connectivity index (χ3n) is 5.13. The van der Waals surface area contributed by atoms with Crippen LogP contribution in [-0.4, -0.2) is 21.9 Å².